The van der Waals surface area contributed by atoms with Crippen LogP contribution in [0, 0.1) is 0 Å². The molecule has 0 amide bonds. The van der Waals surface area contributed by atoms with E-state index in [0.29, 0.717) is 19.1 Å². The molecule has 96 valence electrons. The van der Waals surface area contributed by atoms with Crippen LogP contribution >= 0.6 is 0 Å². The van der Waals surface area contributed by atoms with E-state index in [1.165, 1.54) is 19.4 Å². The standard InChI is InChI=1S/C12H27N3O/c1-4-15-7-5-6-11(15)8-14(3)10-12(2,16)9-13/h11,16H,4-10,13H2,1-3H3. The lowest BCUT2D eigenvalue weighted by Crippen LogP contribution is -2.48. The topological polar surface area (TPSA) is 52.7 Å². The highest BCUT2D eigenvalue weighted by molar-refractivity contribution is 4.83. The van der Waals surface area contributed by atoms with Gasteiger partial charge in [0, 0.05) is 25.7 Å². The largest absolute Gasteiger partial charge is 0.388 e. The van der Waals surface area contributed by atoms with Gasteiger partial charge in [-0.25, -0.2) is 0 Å². The van der Waals surface area contributed by atoms with Gasteiger partial charge in [0.25, 0.3) is 0 Å². The number of likely N-dealkylation sites (tertiary alicyclic amines) is 1. The fourth-order valence-electron chi connectivity index (χ4n) is 2.59. The first kappa shape index (κ1) is 13.9. The van der Waals surface area contributed by atoms with Crippen molar-refractivity contribution in [2.45, 2.75) is 38.3 Å². The maximum absolute atomic E-state index is 9.91. The lowest BCUT2D eigenvalue weighted by atomic mass is 10.1. The molecule has 0 spiro atoms. The second-order valence-electron chi connectivity index (χ2n) is 5.32. The number of rotatable bonds is 6. The van der Waals surface area contributed by atoms with Crippen LogP contribution in [0.2, 0.25) is 0 Å². The van der Waals surface area contributed by atoms with E-state index in [1.807, 2.05) is 0 Å². The molecule has 1 saturated heterocycles. The minimum Gasteiger partial charge on any atom is -0.388 e. The minimum atomic E-state index is -0.760. The third kappa shape index (κ3) is 4.01. The molecule has 16 heavy (non-hydrogen) atoms. The molecular weight excluding hydrogens is 202 g/mol. The summed E-state index contributed by atoms with van der Waals surface area (Å²) < 4.78 is 0. The molecule has 0 radical (unpaired) electrons. The molecule has 0 aromatic rings. The van der Waals surface area contributed by atoms with E-state index in [2.05, 4.69) is 23.8 Å². The summed E-state index contributed by atoms with van der Waals surface area (Å²) in [7, 11) is 2.07. The number of aliphatic hydroxyl groups is 1. The van der Waals surface area contributed by atoms with Crippen LogP contribution in [0.15, 0.2) is 0 Å². The van der Waals surface area contributed by atoms with Gasteiger partial charge in [-0.15, -0.1) is 0 Å². The Bertz CT molecular complexity index is 208. The van der Waals surface area contributed by atoms with Crippen molar-refractivity contribution in [3.63, 3.8) is 0 Å². The first-order valence-electron chi connectivity index (χ1n) is 6.33. The van der Waals surface area contributed by atoms with Crippen LogP contribution in [0.25, 0.3) is 0 Å². The van der Waals surface area contributed by atoms with Crippen molar-refractivity contribution in [2.75, 3.05) is 39.8 Å². The second kappa shape index (κ2) is 5.96. The maximum atomic E-state index is 9.91. The van der Waals surface area contributed by atoms with E-state index in [0.717, 1.165) is 13.1 Å². The van der Waals surface area contributed by atoms with Crippen LogP contribution in [0.3, 0.4) is 0 Å². The summed E-state index contributed by atoms with van der Waals surface area (Å²) >= 11 is 0. The Morgan fingerprint density at radius 1 is 1.56 bits per heavy atom. The zero-order chi connectivity index (χ0) is 12.2. The van der Waals surface area contributed by atoms with E-state index in [-0.39, 0.29) is 0 Å². The molecule has 1 aliphatic rings. The van der Waals surface area contributed by atoms with E-state index >= 15 is 0 Å². The van der Waals surface area contributed by atoms with Crippen molar-refractivity contribution in [2.24, 2.45) is 5.73 Å². The number of nitrogens with two attached hydrogens (primary N) is 1. The Labute approximate surface area is 99.4 Å². The van der Waals surface area contributed by atoms with Crippen LogP contribution in [-0.4, -0.2) is 66.3 Å². The van der Waals surface area contributed by atoms with Crippen molar-refractivity contribution in [1.82, 2.24) is 9.80 Å². The van der Waals surface area contributed by atoms with Gasteiger partial charge < -0.3 is 15.7 Å². The van der Waals surface area contributed by atoms with Gasteiger partial charge >= 0.3 is 0 Å². The lowest BCUT2D eigenvalue weighted by molar-refractivity contribution is 0.0290. The predicted molar refractivity (Wildman–Crippen MR) is 67.4 cm³/mol. The number of hydrogen-bond acceptors (Lipinski definition) is 4. The summed E-state index contributed by atoms with van der Waals surface area (Å²) in [6.07, 6.45) is 2.59. The fourth-order valence-corrected chi connectivity index (χ4v) is 2.59. The summed E-state index contributed by atoms with van der Waals surface area (Å²) in [5.74, 6) is 0. The Hall–Kier alpha value is -0.160. The predicted octanol–water partition coefficient (Wildman–Crippen LogP) is 0.112. The van der Waals surface area contributed by atoms with Gasteiger partial charge in [-0.05, 0) is 39.9 Å². The summed E-state index contributed by atoms with van der Waals surface area (Å²) in [6.45, 7) is 8.37. The SMILES string of the molecule is CCN1CCCC1CN(C)CC(C)(O)CN. The molecule has 1 heterocycles. The molecule has 1 aliphatic heterocycles. The molecular formula is C12H27N3O. The molecule has 2 atom stereocenters. The zero-order valence-electron chi connectivity index (χ0n) is 10.9. The fraction of sp³-hybridized carbons (Fsp3) is 1.00. The molecule has 0 aromatic heterocycles. The Morgan fingerprint density at radius 2 is 2.25 bits per heavy atom. The van der Waals surface area contributed by atoms with Gasteiger partial charge in [-0.2, -0.15) is 0 Å². The van der Waals surface area contributed by atoms with Gasteiger partial charge in [0.1, 0.15) is 0 Å². The van der Waals surface area contributed by atoms with Gasteiger partial charge in [-0.3, -0.25) is 4.90 Å². The molecule has 2 unspecified atom stereocenters. The minimum absolute atomic E-state index is 0.319. The number of likely N-dealkylation sites (N-methyl/N-ethyl adjacent to an activating group) is 2. The molecule has 0 saturated carbocycles. The highest BCUT2D eigenvalue weighted by Crippen LogP contribution is 2.17. The van der Waals surface area contributed by atoms with Crippen LogP contribution in [0.4, 0.5) is 0 Å². The number of nitrogens with zero attached hydrogens (tertiary/aromatic N) is 2. The average Bonchev–Trinajstić information content (AvgIpc) is 2.64. The van der Waals surface area contributed by atoms with Crippen molar-refractivity contribution in [3.05, 3.63) is 0 Å². The molecule has 3 N–H and O–H groups in total. The van der Waals surface area contributed by atoms with E-state index < -0.39 is 5.60 Å². The molecule has 1 rings (SSSR count). The third-order valence-corrected chi connectivity index (χ3v) is 3.48. The van der Waals surface area contributed by atoms with Crippen molar-refractivity contribution < 1.29 is 5.11 Å². The van der Waals surface area contributed by atoms with E-state index in [4.69, 9.17) is 5.73 Å². The molecule has 4 heteroatoms. The van der Waals surface area contributed by atoms with Crippen molar-refractivity contribution in [1.29, 1.82) is 0 Å². The Morgan fingerprint density at radius 3 is 2.81 bits per heavy atom. The first-order chi connectivity index (χ1) is 7.48. The van der Waals surface area contributed by atoms with Gasteiger partial charge in [0.2, 0.25) is 0 Å². The molecule has 0 aromatic carbocycles. The van der Waals surface area contributed by atoms with Crippen LogP contribution in [0.5, 0.6) is 0 Å². The van der Waals surface area contributed by atoms with Crippen molar-refractivity contribution >= 4 is 0 Å². The summed E-state index contributed by atoms with van der Waals surface area (Å²) in [5, 5.41) is 9.91. The van der Waals surface area contributed by atoms with Gasteiger partial charge in [-0.1, -0.05) is 6.92 Å². The highest BCUT2D eigenvalue weighted by Gasteiger charge is 2.26. The van der Waals surface area contributed by atoms with Crippen molar-refractivity contribution in [3.8, 4) is 0 Å². The lowest BCUT2D eigenvalue weighted by Gasteiger charge is -2.32. The monoisotopic (exact) mass is 229 g/mol. The molecule has 0 bridgehead atoms. The third-order valence-electron chi connectivity index (χ3n) is 3.48. The maximum Gasteiger partial charge on any atom is 0.0867 e. The van der Waals surface area contributed by atoms with E-state index in [9.17, 15) is 5.11 Å². The molecule has 1 fully saturated rings. The van der Waals surface area contributed by atoms with E-state index in [1.54, 1.807) is 6.92 Å². The van der Waals surface area contributed by atoms with Crippen LogP contribution < -0.4 is 5.73 Å². The summed E-state index contributed by atoms with van der Waals surface area (Å²) in [4.78, 5) is 4.72. The average molecular weight is 229 g/mol. The first-order valence-corrected chi connectivity index (χ1v) is 6.33. The second-order valence-corrected chi connectivity index (χ2v) is 5.32. The van der Waals surface area contributed by atoms with Gasteiger partial charge in [0.15, 0.2) is 0 Å². The smallest absolute Gasteiger partial charge is 0.0867 e. The Balaban J connectivity index is 2.36. The summed E-state index contributed by atoms with van der Waals surface area (Å²) in [6, 6.07) is 0.656. The highest BCUT2D eigenvalue weighted by atomic mass is 16.3. The quantitative estimate of drug-likeness (QED) is 0.679. The number of hydrogen-bond donors (Lipinski definition) is 2. The molecule has 0 aliphatic carbocycles. The Kier molecular flexibility index (Phi) is 5.18. The summed E-state index contributed by atoms with van der Waals surface area (Å²) in [5.41, 5.74) is 4.77. The van der Waals surface area contributed by atoms with Crippen LogP contribution in [0.1, 0.15) is 26.7 Å². The zero-order valence-corrected chi connectivity index (χ0v) is 10.9. The van der Waals surface area contributed by atoms with Crippen LogP contribution in [-0.2, 0) is 0 Å². The molecule has 4 nitrogen and oxygen atoms in total. The van der Waals surface area contributed by atoms with Gasteiger partial charge in [0.05, 0.1) is 5.60 Å². The normalized spacial score (nSPS) is 26.2.